The summed E-state index contributed by atoms with van der Waals surface area (Å²) in [6.07, 6.45) is 0.849. The van der Waals surface area contributed by atoms with Gasteiger partial charge >= 0.3 is 7.12 Å². The molecule has 1 heterocycles. The van der Waals surface area contributed by atoms with Crippen LogP contribution in [0, 0.1) is 6.92 Å². The molecule has 0 aliphatic carbocycles. The van der Waals surface area contributed by atoms with Crippen LogP contribution in [0.1, 0.15) is 18.1 Å². The van der Waals surface area contributed by atoms with Crippen LogP contribution in [-0.2, 0) is 6.42 Å². The smallest absolute Gasteiger partial charge is 0.525 e. The Hall–Kier alpha value is -1.16. The van der Waals surface area contributed by atoms with E-state index in [4.69, 9.17) is 9.39 Å². The summed E-state index contributed by atoms with van der Waals surface area (Å²) in [5.74, 6) is 1.72. The molecule has 4 heteroatoms. The van der Waals surface area contributed by atoms with Gasteiger partial charge in [0, 0.05) is 11.4 Å². The Morgan fingerprint density at radius 2 is 2.27 bits per heavy atom. The zero-order chi connectivity index (χ0) is 11.0. The van der Waals surface area contributed by atoms with Gasteiger partial charge in [-0.3, -0.25) is 0 Å². The lowest BCUT2D eigenvalue weighted by Crippen LogP contribution is -2.32. The molecule has 0 unspecified atom stereocenters. The van der Waals surface area contributed by atoms with Crippen LogP contribution in [0.25, 0.3) is 0 Å². The summed E-state index contributed by atoms with van der Waals surface area (Å²) < 4.78 is 10.7. The molecule has 0 aromatic heterocycles. The van der Waals surface area contributed by atoms with Gasteiger partial charge in [0.15, 0.2) is 0 Å². The van der Waals surface area contributed by atoms with Gasteiger partial charge in [0.05, 0.1) is 7.11 Å². The monoisotopic (exact) mass is 206 g/mol. The highest BCUT2D eigenvalue weighted by Crippen LogP contribution is 2.37. The van der Waals surface area contributed by atoms with Gasteiger partial charge in [-0.1, -0.05) is 13.0 Å². The van der Waals surface area contributed by atoms with Gasteiger partial charge in [-0.2, -0.15) is 0 Å². The second kappa shape index (κ2) is 3.78. The van der Waals surface area contributed by atoms with Crippen LogP contribution in [0.2, 0.25) is 5.82 Å². The second-order valence-corrected chi connectivity index (χ2v) is 4.07. The van der Waals surface area contributed by atoms with Crippen LogP contribution in [0.4, 0.5) is 0 Å². The minimum absolute atomic E-state index is 0.144. The predicted octanol–water partition coefficient (Wildman–Crippen LogP) is 1.81. The van der Waals surface area contributed by atoms with Gasteiger partial charge in [-0.25, -0.2) is 0 Å². The van der Waals surface area contributed by atoms with E-state index >= 15 is 0 Å². The zero-order valence-electron chi connectivity index (χ0n) is 9.28. The highest BCUT2D eigenvalue weighted by atomic mass is 16.5. The van der Waals surface area contributed by atoms with Crippen LogP contribution in [0.3, 0.4) is 0 Å². The van der Waals surface area contributed by atoms with E-state index in [1.165, 1.54) is 0 Å². The van der Waals surface area contributed by atoms with Crippen molar-refractivity contribution >= 4 is 7.12 Å². The first kappa shape index (κ1) is 10.4. The molecule has 15 heavy (non-hydrogen) atoms. The average molecular weight is 206 g/mol. The quantitative estimate of drug-likeness (QED) is 0.712. The van der Waals surface area contributed by atoms with Crippen molar-refractivity contribution in [3.8, 4) is 11.5 Å². The molecule has 0 amide bonds. The molecular formula is C11H15BO3. The molecule has 2 rings (SSSR count). The van der Waals surface area contributed by atoms with Crippen molar-refractivity contribution in [2.24, 2.45) is 0 Å². The summed E-state index contributed by atoms with van der Waals surface area (Å²) in [5, 5.41) is 9.65. The molecular weight excluding hydrogens is 191 g/mol. The molecule has 0 spiro atoms. The summed E-state index contributed by atoms with van der Waals surface area (Å²) in [6, 6.07) is 3.95. The van der Waals surface area contributed by atoms with Crippen molar-refractivity contribution in [1.82, 2.24) is 0 Å². The summed E-state index contributed by atoms with van der Waals surface area (Å²) in [7, 11) is 0.930. The summed E-state index contributed by atoms with van der Waals surface area (Å²) >= 11 is 0. The van der Waals surface area contributed by atoms with E-state index in [-0.39, 0.29) is 5.82 Å². The number of hydrogen-bond acceptors (Lipinski definition) is 3. The minimum Gasteiger partial charge on any atom is -0.535 e. The molecule has 1 aromatic rings. The molecule has 0 radical (unpaired) electrons. The van der Waals surface area contributed by atoms with E-state index in [0.717, 1.165) is 29.0 Å². The molecule has 0 saturated heterocycles. The van der Waals surface area contributed by atoms with E-state index < -0.39 is 7.12 Å². The molecule has 1 aliphatic rings. The molecule has 0 bridgehead atoms. The third-order valence-electron chi connectivity index (χ3n) is 2.92. The highest BCUT2D eigenvalue weighted by Gasteiger charge is 2.32. The van der Waals surface area contributed by atoms with Gasteiger partial charge in [-0.05, 0) is 25.0 Å². The van der Waals surface area contributed by atoms with E-state index in [0.29, 0.717) is 0 Å². The van der Waals surface area contributed by atoms with Gasteiger partial charge in [0.1, 0.15) is 11.5 Å². The second-order valence-electron chi connectivity index (χ2n) is 4.07. The van der Waals surface area contributed by atoms with E-state index in [2.05, 4.69) is 0 Å². The van der Waals surface area contributed by atoms with Crippen molar-refractivity contribution in [1.29, 1.82) is 0 Å². The van der Waals surface area contributed by atoms with Gasteiger partial charge < -0.3 is 14.4 Å². The molecule has 80 valence electrons. The Labute approximate surface area is 90.2 Å². The maximum Gasteiger partial charge on any atom is 0.525 e. The van der Waals surface area contributed by atoms with Crippen molar-refractivity contribution in [2.75, 3.05) is 7.11 Å². The van der Waals surface area contributed by atoms with Gasteiger partial charge in [0.25, 0.3) is 0 Å². The number of fused-ring (bicyclic) bond motifs is 1. The van der Waals surface area contributed by atoms with Gasteiger partial charge in [0.2, 0.25) is 0 Å². The van der Waals surface area contributed by atoms with Crippen LogP contribution in [0.5, 0.6) is 11.5 Å². The molecule has 1 atom stereocenters. The Kier molecular flexibility index (Phi) is 2.61. The lowest BCUT2D eigenvalue weighted by atomic mass is 9.68. The molecule has 1 aliphatic heterocycles. The van der Waals surface area contributed by atoms with Gasteiger partial charge in [-0.15, -0.1) is 0 Å². The first-order chi connectivity index (χ1) is 7.13. The zero-order valence-corrected chi connectivity index (χ0v) is 9.28. The summed E-state index contributed by atoms with van der Waals surface area (Å²) in [5.41, 5.74) is 2.10. The van der Waals surface area contributed by atoms with Crippen LogP contribution >= 0.6 is 0 Å². The lowest BCUT2D eigenvalue weighted by Gasteiger charge is -2.26. The maximum absolute atomic E-state index is 9.65. The van der Waals surface area contributed by atoms with Crippen molar-refractivity contribution in [2.45, 2.75) is 26.1 Å². The fraction of sp³-hybridized carbons (Fsp3) is 0.455. The highest BCUT2D eigenvalue weighted by molar-refractivity contribution is 6.46. The first-order valence-electron chi connectivity index (χ1n) is 5.14. The average Bonchev–Trinajstić information content (AvgIpc) is 2.22. The lowest BCUT2D eigenvalue weighted by molar-refractivity contribution is 0.369. The Bertz CT molecular complexity index is 378. The Balaban J connectivity index is 2.44. The Morgan fingerprint density at radius 3 is 2.93 bits per heavy atom. The molecule has 1 N–H and O–H groups in total. The molecule has 0 saturated carbocycles. The summed E-state index contributed by atoms with van der Waals surface area (Å²) in [4.78, 5) is 0. The topological polar surface area (TPSA) is 38.7 Å². The number of hydrogen-bond donors (Lipinski definition) is 1. The maximum atomic E-state index is 9.65. The largest absolute Gasteiger partial charge is 0.535 e. The number of ether oxygens (including phenoxy) is 1. The third-order valence-corrected chi connectivity index (χ3v) is 2.92. The van der Waals surface area contributed by atoms with Crippen molar-refractivity contribution < 1.29 is 14.4 Å². The molecule has 3 nitrogen and oxygen atoms in total. The fourth-order valence-corrected chi connectivity index (χ4v) is 1.96. The minimum atomic E-state index is -0.705. The van der Waals surface area contributed by atoms with Crippen LogP contribution in [-0.4, -0.2) is 19.3 Å². The third kappa shape index (κ3) is 1.70. The Morgan fingerprint density at radius 1 is 1.53 bits per heavy atom. The normalized spacial score (nSPS) is 19.5. The summed E-state index contributed by atoms with van der Waals surface area (Å²) in [6.45, 7) is 3.92. The fourth-order valence-electron chi connectivity index (χ4n) is 1.96. The van der Waals surface area contributed by atoms with E-state index in [1.54, 1.807) is 7.11 Å². The molecule has 1 aromatic carbocycles. The SMILES string of the molecule is COc1ccc2c(c1C)OB(O)[C@@H](C)C2. The number of rotatable bonds is 1. The van der Waals surface area contributed by atoms with E-state index in [1.807, 2.05) is 26.0 Å². The number of benzene rings is 1. The standard InChI is InChI=1S/C11H15BO3/c1-7-6-9-4-5-10(14-3)8(2)11(9)15-12(7)13/h4-5,7,13H,6H2,1-3H3/t7-/m0/s1. The van der Waals surface area contributed by atoms with Crippen LogP contribution < -0.4 is 9.39 Å². The predicted molar refractivity (Wildman–Crippen MR) is 59.5 cm³/mol. The van der Waals surface area contributed by atoms with E-state index in [9.17, 15) is 5.02 Å². The molecule has 0 fully saturated rings. The van der Waals surface area contributed by atoms with Crippen molar-refractivity contribution in [3.05, 3.63) is 23.3 Å². The van der Waals surface area contributed by atoms with Crippen molar-refractivity contribution in [3.63, 3.8) is 0 Å². The number of methoxy groups -OCH3 is 1. The van der Waals surface area contributed by atoms with Crippen LogP contribution in [0.15, 0.2) is 12.1 Å². The first-order valence-corrected chi connectivity index (χ1v) is 5.14.